The van der Waals surface area contributed by atoms with Gasteiger partial charge in [0.1, 0.15) is 0 Å². The zero-order valence-electron chi connectivity index (χ0n) is 11.3. The van der Waals surface area contributed by atoms with Crippen molar-refractivity contribution in [2.75, 3.05) is 6.54 Å². The minimum Gasteiger partial charge on any atom is -0.329 e. The van der Waals surface area contributed by atoms with Crippen molar-refractivity contribution in [2.45, 2.75) is 37.1 Å². The van der Waals surface area contributed by atoms with Crippen LogP contribution < -0.4 is 10.5 Å². The van der Waals surface area contributed by atoms with E-state index in [2.05, 4.69) is 4.72 Å². The molecule has 4 nitrogen and oxygen atoms in total. The average Bonchev–Trinajstić information content (AvgIpc) is 2.39. The lowest BCUT2D eigenvalue weighted by Crippen LogP contribution is -2.52. The fraction of sp³-hybridized carbons (Fsp3) is 0.500. The number of sulfonamides is 1. The van der Waals surface area contributed by atoms with Gasteiger partial charge in [-0.05, 0) is 31.0 Å². The van der Waals surface area contributed by atoms with Crippen molar-refractivity contribution in [3.05, 3.63) is 29.8 Å². The molecule has 8 heteroatoms. The summed E-state index contributed by atoms with van der Waals surface area (Å²) in [7, 11) is -3.93. The number of hydrogen-bond acceptors (Lipinski definition) is 3. The Labute approximate surface area is 124 Å². The molecule has 0 fully saturated rings. The molecule has 0 aliphatic carbocycles. The Bertz CT molecular complexity index is 540. The minimum atomic E-state index is -3.93. The summed E-state index contributed by atoms with van der Waals surface area (Å²) in [5, 5.41) is 0. The van der Waals surface area contributed by atoms with E-state index in [1.165, 1.54) is 0 Å². The summed E-state index contributed by atoms with van der Waals surface area (Å²) in [5.74, 6) is -2.29. The van der Waals surface area contributed by atoms with E-state index in [4.69, 9.17) is 5.73 Å². The van der Waals surface area contributed by atoms with Gasteiger partial charge in [0.15, 0.2) is 11.6 Å². The Morgan fingerprint density at radius 3 is 2.15 bits per heavy atom. The largest absolute Gasteiger partial charge is 0.329 e. The van der Waals surface area contributed by atoms with Crippen LogP contribution in [0.15, 0.2) is 23.1 Å². The average molecular weight is 329 g/mol. The Morgan fingerprint density at radius 1 is 1.20 bits per heavy atom. The summed E-state index contributed by atoms with van der Waals surface area (Å²) in [6.07, 6.45) is 1.01. The molecule has 0 saturated heterocycles. The van der Waals surface area contributed by atoms with Crippen molar-refractivity contribution in [3.63, 3.8) is 0 Å². The van der Waals surface area contributed by atoms with E-state index >= 15 is 0 Å². The molecule has 1 rings (SSSR count). The first-order valence-corrected chi connectivity index (χ1v) is 7.47. The van der Waals surface area contributed by atoms with Gasteiger partial charge in [0.05, 0.1) is 4.90 Å². The van der Waals surface area contributed by atoms with Crippen molar-refractivity contribution >= 4 is 22.4 Å². The highest BCUT2D eigenvalue weighted by Gasteiger charge is 2.31. The molecule has 0 atom stereocenters. The monoisotopic (exact) mass is 328 g/mol. The maximum Gasteiger partial charge on any atom is 0.241 e. The predicted molar refractivity (Wildman–Crippen MR) is 76.3 cm³/mol. The van der Waals surface area contributed by atoms with Gasteiger partial charge in [-0.15, -0.1) is 12.4 Å². The molecule has 0 saturated carbocycles. The molecule has 0 aliphatic heterocycles. The van der Waals surface area contributed by atoms with Gasteiger partial charge in [-0.2, -0.15) is 0 Å². The zero-order chi connectivity index (χ0) is 14.7. The van der Waals surface area contributed by atoms with E-state index in [1.807, 2.05) is 13.8 Å². The normalized spacial score (nSPS) is 12.1. The number of hydrogen-bond donors (Lipinski definition) is 2. The second kappa shape index (κ2) is 7.31. The van der Waals surface area contributed by atoms with E-state index < -0.39 is 27.2 Å². The van der Waals surface area contributed by atoms with Gasteiger partial charge in [0, 0.05) is 12.1 Å². The third-order valence-electron chi connectivity index (χ3n) is 3.30. The first-order valence-electron chi connectivity index (χ1n) is 5.99. The molecule has 116 valence electrons. The number of nitrogens with one attached hydrogen (secondary N) is 1. The molecule has 0 amide bonds. The van der Waals surface area contributed by atoms with Crippen LogP contribution in [-0.2, 0) is 10.0 Å². The fourth-order valence-corrected chi connectivity index (χ4v) is 3.28. The molecular weight excluding hydrogens is 310 g/mol. The summed E-state index contributed by atoms with van der Waals surface area (Å²) < 4.78 is 52.7. The molecule has 3 N–H and O–H groups in total. The van der Waals surface area contributed by atoms with Gasteiger partial charge in [-0.3, -0.25) is 0 Å². The topological polar surface area (TPSA) is 72.2 Å². The lowest BCUT2D eigenvalue weighted by atomic mass is 9.95. The zero-order valence-corrected chi connectivity index (χ0v) is 13.0. The minimum absolute atomic E-state index is 0. The third kappa shape index (κ3) is 4.12. The molecule has 0 bridgehead atoms. The summed E-state index contributed by atoms with van der Waals surface area (Å²) in [6.45, 7) is 3.75. The van der Waals surface area contributed by atoms with Gasteiger partial charge in [0.2, 0.25) is 10.0 Å². The van der Waals surface area contributed by atoms with Crippen LogP contribution in [0.4, 0.5) is 8.78 Å². The van der Waals surface area contributed by atoms with Crippen LogP contribution in [0.3, 0.4) is 0 Å². The lowest BCUT2D eigenvalue weighted by Gasteiger charge is -2.30. The fourth-order valence-electron chi connectivity index (χ4n) is 1.71. The van der Waals surface area contributed by atoms with Crippen molar-refractivity contribution < 1.29 is 17.2 Å². The predicted octanol–water partition coefficient (Wildman–Crippen LogP) is 2.18. The highest BCUT2D eigenvalue weighted by Crippen LogP contribution is 2.20. The molecule has 1 aromatic carbocycles. The number of benzene rings is 1. The Kier molecular flexibility index (Phi) is 7.03. The first-order chi connectivity index (χ1) is 8.80. The maximum absolute atomic E-state index is 13.1. The number of halogens is 3. The molecule has 0 radical (unpaired) electrons. The van der Waals surface area contributed by atoms with Crippen LogP contribution in [-0.4, -0.2) is 20.5 Å². The Balaban J connectivity index is 0.00000361. The second-order valence-corrected chi connectivity index (χ2v) is 6.06. The maximum atomic E-state index is 13.1. The van der Waals surface area contributed by atoms with Gasteiger partial charge < -0.3 is 5.73 Å². The molecular formula is C12H19ClF2N2O2S. The van der Waals surface area contributed by atoms with Gasteiger partial charge in [0.25, 0.3) is 0 Å². The third-order valence-corrected chi connectivity index (χ3v) is 4.87. The smallest absolute Gasteiger partial charge is 0.241 e. The second-order valence-electron chi connectivity index (χ2n) is 4.37. The lowest BCUT2D eigenvalue weighted by molar-refractivity contribution is 0.363. The SMILES string of the molecule is CCC(CC)(CN)NS(=O)(=O)c1ccc(F)c(F)c1.Cl. The van der Waals surface area contributed by atoms with Crippen LogP contribution in [0.25, 0.3) is 0 Å². The van der Waals surface area contributed by atoms with E-state index in [1.54, 1.807) is 0 Å². The standard InChI is InChI=1S/C12H18F2N2O2S.ClH/c1-3-12(4-2,8-15)16-19(17,18)9-5-6-10(13)11(14)7-9;/h5-7,16H,3-4,8,15H2,1-2H3;1H. The van der Waals surface area contributed by atoms with Crippen LogP contribution in [0.2, 0.25) is 0 Å². The molecule has 0 aliphatic rings. The van der Waals surface area contributed by atoms with Crippen LogP contribution >= 0.6 is 12.4 Å². The molecule has 20 heavy (non-hydrogen) atoms. The summed E-state index contributed by atoms with van der Waals surface area (Å²) in [6, 6.07) is 2.46. The van der Waals surface area contributed by atoms with E-state index in [-0.39, 0.29) is 23.8 Å². The van der Waals surface area contributed by atoms with Crippen molar-refractivity contribution in [1.29, 1.82) is 0 Å². The van der Waals surface area contributed by atoms with E-state index in [9.17, 15) is 17.2 Å². The van der Waals surface area contributed by atoms with Crippen LogP contribution in [0, 0.1) is 11.6 Å². The van der Waals surface area contributed by atoms with E-state index in [0.717, 1.165) is 12.1 Å². The van der Waals surface area contributed by atoms with Gasteiger partial charge >= 0.3 is 0 Å². The summed E-state index contributed by atoms with van der Waals surface area (Å²) in [5.41, 5.74) is 4.83. The summed E-state index contributed by atoms with van der Waals surface area (Å²) >= 11 is 0. The number of rotatable bonds is 6. The Hall–Kier alpha value is -0.760. The van der Waals surface area contributed by atoms with Crippen LogP contribution in [0.1, 0.15) is 26.7 Å². The van der Waals surface area contributed by atoms with E-state index in [0.29, 0.717) is 18.9 Å². The van der Waals surface area contributed by atoms with Crippen molar-refractivity contribution in [1.82, 2.24) is 4.72 Å². The van der Waals surface area contributed by atoms with Gasteiger partial charge in [-0.1, -0.05) is 13.8 Å². The number of nitrogens with two attached hydrogens (primary N) is 1. The molecule has 1 aromatic rings. The molecule has 0 heterocycles. The molecule has 0 unspecified atom stereocenters. The Morgan fingerprint density at radius 2 is 1.75 bits per heavy atom. The quantitative estimate of drug-likeness (QED) is 0.840. The van der Waals surface area contributed by atoms with Crippen molar-refractivity contribution in [2.24, 2.45) is 5.73 Å². The molecule has 0 aromatic heterocycles. The van der Waals surface area contributed by atoms with Crippen molar-refractivity contribution in [3.8, 4) is 0 Å². The highest BCUT2D eigenvalue weighted by molar-refractivity contribution is 7.89. The first kappa shape index (κ1) is 19.2. The highest BCUT2D eigenvalue weighted by atomic mass is 35.5. The van der Waals surface area contributed by atoms with Gasteiger partial charge in [-0.25, -0.2) is 21.9 Å². The van der Waals surface area contributed by atoms with Crippen LogP contribution in [0.5, 0.6) is 0 Å². The summed E-state index contributed by atoms with van der Waals surface area (Å²) in [4.78, 5) is -0.314. The molecule has 0 spiro atoms.